The SMILES string of the molecule is CCC(C)(C#N)C(=O)NCCOC1CCCCC1. The first kappa shape index (κ1) is 15.0. The number of carbonyl (C=O) groups is 1. The lowest BCUT2D eigenvalue weighted by molar-refractivity contribution is -0.128. The zero-order valence-corrected chi connectivity index (χ0v) is 11.5. The van der Waals surface area contributed by atoms with Crippen LogP contribution in [0.1, 0.15) is 52.4 Å². The van der Waals surface area contributed by atoms with E-state index in [0.717, 1.165) is 12.8 Å². The number of ether oxygens (including phenoxy) is 1. The maximum absolute atomic E-state index is 11.8. The van der Waals surface area contributed by atoms with Gasteiger partial charge in [-0.25, -0.2) is 0 Å². The van der Waals surface area contributed by atoms with Crippen molar-refractivity contribution < 1.29 is 9.53 Å². The first-order valence-corrected chi connectivity index (χ1v) is 6.93. The van der Waals surface area contributed by atoms with Crippen LogP contribution in [0.4, 0.5) is 0 Å². The highest BCUT2D eigenvalue weighted by atomic mass is 16.5. The van der Waals surface area contributed by atoms with Gasteiger partial charge in [-0.3, -0.25) is 4.79 Å². The van der Waals surface area contributed by atoms with Crippen molar-refractivity contribution in [2.45, 2.75) is 58.5 Å². The summed E-state index contributed by atoms with van der Waals surface area (Å²) in [5.41, 5.74) is -0.912. The highest BCUT2D eigenvalue weighted by Crippen LogP contribution is 2.20. The third kappa shape index (κ3) is 4.30. The van der Waals surface area contributed by atoms with E-state index in [1.54, 1.807) is 6.92 Å². The van der Waals surface area contributed by atoms with Gasteiger partial charge in [0.05, 0.1) is 18.8 Å². The minimum Gasteiger partial charge on any atom is -0.376 e. The van der Waals surface area contributed by atoms with E-state index in [-0.39, 0.29) is 5.91 Å². The van der Waals surface area contributed by atoms with Crippen molar-refractivity contribution in [3.8, 4) is 6.07 Å². The molecule has 0 heterocycles. The van der Waals surface area contributed by atoms with Gasteiger partial charge in [-0.15, -0.1) is 0 Å². The van der Waals surface area contributed by atoms with Gasteiger partial charge in [0.1, 0.15) is 5.41 Å². The Kier molecular flexibility index (Phi) is 6.14. The zero-order valence-electron chi connectivity index (χ0n) is 11.5. The second kappa shape index (κ2) is 7.38. The smallest absolute Gasteiger partial charge is 0.240 e. The third-order valence-corrected chi connectivity index (χ3v) is 3.75. The van der Waals surface area contributed by atoms with E-state index in [4.69, 9.17) is 10.00 Å². The molecule has 1 amide bonds. The van der Waals surface area contributed by atoms with Gasteiger partial charge in [0.25, 0.3) is 0 Å². The van der Waals surface area contributed by atoms with Crippen LogP contribution in [0.3, 0.4) is 0 Å². The quantitative estimate of drug-likeness (QED) is 0.738. The molecule has 102 valence electrons. The van der Waals surface area contributed by atoms with Crippen LogP contribution in [0.2, 0.25) is 0 Å². The molecule has 1 fully saturated rings. The highest BCUT2D eigenvalue weighted by Gasteiger charge is 2.30. The summed E-state index contributed by atoms with van der Waals surface area (Å²) in [4.78, 5) is 11.8. The van der Waals surface area contributed by atoms with Crippen molar-refractivity contribution in [3.05, 3.63) is 0 Å². The van der Waals surface area contributed by atoms with E-state index in [2.05, 4.69) is 11.4 Å². The number of hydrogen-bond acceptors (Lipinski definition) is 3. The van der Waals surface area contributed by atoms with Gasteiger partial charge in [-0.2, -0.15) is 5.26 Å². The normalized spacial score (nSPS) is 19.8. The van der Waals surface area contributed by atoms with Crippen LogP contribution < -0.4 is 5.32 Å². The molecule has 1 aliphatic carbocycles. The molecule has 4 heteroatoms. The van der Waals surface area contributed by atoms with E-state index in [1.807, 2.05) is 6.92 Å². The van der Waals surface area contributed by atoms with Gasteiger partial charge in [0.2, 0.25) is 5.91 Å². The van der Waals surface area contributed by atoms with Crippen LogP contribution in [0.15, 0.2) is 0 Å². The monoisotopic (exact) mass is 252 g/mol. The van der Waals surface area contributed by atoms with Crippen molar-refractivity contribution in [3.63, 3.8) is 0 Å². The Balaban J connectivity index is 2.17. The molecule has 0 aromatic carbocycles. The lowest BCUT2D eigenvalue weighted by Crippen LogP contribution is -2.39. The molecule has 0 saturated heterocycles. The first-order chi connectivity index (χ1) is 8.62. The fourth-order valence-corrected chi connectivity index (χ4v) is 2.11. The van der Waals surface area contributed by atoms with Crippen molar-refractivity contribution in [2.75, 3.05) is 13.2 Å². The average molecular weight is 252 g/mol. The standard InChI is InChI=1S/C14H24N2O2/c1-3-14(2,11-15)13(17)16-9-10-18-12-7-5-4-6-8-12/h12H,3-10H2,1-2H3,(H,16,17). The number of hydrogen-bond donors (Lipinski definition) is 1. The van der Waals surface area contributed by atoms with Crippen molar-refractivity contribution in [1.29, 1.82) is 5.26 Å². The van der Waals surface area contributed by atoms with Crippen LogP contribution in [-0.2, 0) is 9.53 Å². The second-order valence-electron chi connectivity index (χ2n) is 5.18. The average Bonchev–Trinajstić information content (AvgIpc) is 2.43. The van der Waals surface area contributed by atoms with E-state index < -0.39 is 5.41 Å². The Labute approximate surface area is 110 Å². The Morgan fingerprint density at radius 1 is 1.44 bits per heavy atom. The summed E-state index contributed by atoms with van der Waals surface area (Å²) >= 11 is 0. The summed E-state index contributed by atoms with van der Waals surface area (Å²) in [6.45, 7) is 4.56. The second-order valence-corrected chi connectivity index (χ2v) is 5.18. The summed E-state index contributed by atoms with van der Waals surface area (Å²) in [6, 6.07) is 2.07. The van der Waals surface area contributed by atoms with Crippen LogP contribution in [0.5, 0.6) is 0 Å². The lowest BCUT2D eigenvalue weighted by Gasteiger charge is -2.23. The summed E-state index contributed by atoms with van der Waals surface area (Å²) in [5, 5.41) is 11.8. The molecule has 0 bridgehead atoms. The predicted molar refractivity (Wildman–Crippen MR) is 69.8 cm³/mol. The van der Waals surface area contributed by atoms with E-state index in [9.17, 15) is 4.79 Å². The lowest BCUT2D eigenvalue weighted by atomic mass is 9.88. The summed E-state index contributed by atoms with van der Waals surface area (Å²) < 4.78 is 5.72. The zero-order chi connectivity index (χ0) is 13.4. The van der Waals surface area contributed by atoms with Gasteiger partial charge in [-0.1, -0.05) is 26.2 Å². The molecule has 1 unspecified atom stereocenters. The molecule has 1 saturated carbocycles. The highest BCUT2D eigenvalue weighted by molar-refractivity contribution is 5.84. The summed E-state index contributed by atoms with van der Waals surface area (Å²) in [5.74, 6) is -0.195. The van der Waals surface area contributed by atoms with Crippen LogP contribution in [0, 0.1) is 16.7 Å². The number of carbonyl (C=O) groups excluding carboxylic acids is 1. The Bertz CT molecular complexity index is 305. The number of nitrogens with zero attached hydrogens (tertiary/aromatic N) is 1. The molecule has 1 rings (SSSR count). The summed E-state index contributed by atoms with van der Waals surface area (Å²) in [6.07, 6.45) is 6.98. The van der Waals surface area contributed by atoms with E-state index >= 15 is 0 Å². The molecule has 18 heavy (non-hydrogen) atoms. The van der Waals surface area contributed by atoms with Gasteiger partial charge >= 0.3 is 0 Å². The Morgan fingerprint density at radius 2 is 2.11 bits per heavy atom. The van der Waals surface area contributed by atoms with Crippen LogP contribution in [0.25, 0.3) is 0 Å². The number of nitrogens with one attached hydrogen (secondary N) is 1. The minimum atomic E-state index is -0.912. The molecule has 1 N–H and O–H groups in total. The van der Waals surface area contributed by atoms with Crippen LogP contribution >= 0.6 is 0 Å². The molecule has 1 atom stereocenters. The fourth-order valence-electron chi connectivity index (χ4n) is 2.11. The van der Waals surface area contributed by atoms with Crippen molar-refractivity contribution >= 4 is 5.91 Å². The van der Waals surface area contributed by atoms with E-state index in [1.165, 1.54) is 19.3 Å². The molecular weight excluding hydrogens is 228 g/mol. The maximum Gasteiger partial charge on any atom is 0.240 e. The van der Waals surface area contributed by atoms with Gasteiger partial charge in [0, 0.05) is 6.54 Å². The minimum absolute atomic E-state index is 0.195. The number of rotatable bonds is 6. The van der Waals surface area contributed by atoms with Crippen LogP contribution in [-0.4, -0.2) is 25.2 Å². The molecule has 0 spiro atoms. The summed E-state index contributed by atoms with van der Waals surface area (Å²) in [7, 11) is 0. The molecule has 0 aromatic rings. The van der Waals surface area contributed by atoms with Crippen molar-refractivity contribution in [2.24, 2.45) is 5.41 Å². The van der Waals surface area contributed by atoms with E-state index in [0.29, 0.717) is 25.7 Å². The Hall–Kier alpha value is -1.08. The number of amides is 1. The topological polar surface area (TPSA) is 62.1 Å². The maximum atomic E-state index is 11.8. The van der Waals surface area contributed by atoms with Gasteiger partial charge < -0.3 is 10.1 Å². The fraction of sp³-hybridized carbons (Fsp3) is 0.857. The van der Waals surface area contributed by atoms with Gasteiger partial charge in [-0.05, 0) is 26.2 Å². The van der Waals surface area contributed by atoms with Crippen molar-refractivity contribution in [1.82, 2.24) is 5.32 Å². The molecule has 0 radical (unpaired) electrons. The molecule has 0 aromatic heterocycles. The predicted octanol–water partition coefficient (Wildman–Crippen LogP) is 2.39. The largest absolute Gasteiger partial charge is 0.376 e. The molecule has 0 aliphatic heterocycles. The number of nitriles is 1. The van der Waals surface area contributed by atoms with Gasteiger partial charge in [0.15, 0.2) is 0 Å². The third-order valence-electron chi connectivity index (χ3n) is 3.75. The first-order valence-electron chi connectivity index (χ1n) is 6.93. The Morgan fingerprint density at radius 3 is 2.67 bits per heavy atom. The molecule has 1 aliphatic rings. The molecular formula is C14H24N2O2. The molecule has 4 nitrogen and oxygen atoms in total.